The lowest BCUT2D eigenvalue weighted by Crippen LogP contribution is -2.11. The van der Waals surface area contributed by atoms with Crippen LogP contribution in [0.5, 0.6) is 0 Å². The van der Waals surface area contributed by atoms with Crippen molar-refractivity contribution in [3.8, 4) is 39.5 Å². The van der Waals surface area contributed by atoms with Crippen molar-refractivity contribution in [1.82, 2.24) is 14.5 Å². The molecule has 0 amide bonds. The number of rotatable bonds is 7. The van der Waals surface area contributed by atoms with E-state index in [1.165, 1.54) is 27.1 Å². The molecule has 0 atom stereocenters. The first-order chi connectivity index (χ1) is 28.8. The molecule has 0 aliphatic carbocycles. The van der Waals surface area contributed by atoms with Crippen LogP contribution in [0.25, 0.3) is 82.9 Å². The maximum atomic E-state index is 5.11. The molecule has 11 aromatic rings. The Labute approximate surface area is 336 Å². The summed E-state index contributed by atoms with van der Waals surface area (Å²) in [5, 5.41) is 5.90. The third-order valence-corrected chi connectivity index (χ3v) is 11.2. The molecule has 0 fully saturated rings. The van der Waals surface area contributed by atoms with Gasteiger partial charge in [0.25, 0.3) is 0 Å². The van der Waals surface area contributed by atoms with Crippen molar-refractivity contribution in [1.29, 1.82) is 0 Å². The van der Waals surface area contributed by atoms with Crippen molar-refractivity contribution in [3.63, 3.8) is 0 Å². The molecule has 0 saturated heterocycles. The Balaban J connectivity index is 1.02. The van der Waals surface area contributed by atoms with Gasteiger partial charge in [-0.2, -0.15) is 0 Å². The van der Waals surface area contributed by atoms with Gasteiger partial charge in [0, 0.05) is 49.7 Å². The van der Waals surface area contributed by atoms with E-state index in [4.69, 9.17) is 9.97 Å². The fourth-order valence-corrected chi connectivity index (χ4v) is 8.44. The minimum atomic E-state index is 0.715. The van der Waals surface area contributed by atoms with Crippen molar-refractivity contribution in [2.24, 2.45) is 0 Å². The molecule has 0 saturated carbocycles. The summed E-state index contributed by atoms with van der Waals surface area (Å²) in [7, 11) is 0. The van der Waals surface area contributed by atoms with Crippen molar-refractivity contribution in [2.45, 2.75) is 0 Å². The topological polar surface area (TPSA) is 34.0 Å². The molecule has 2 heterocycles. The van der Waals surface area contributed by atoms with Crippen LogP contribution < -0.4 is 4.90 Å². The average Bonchev–Trinajstić information content (AvgIpc) is 3.63. The summed E-state index contributed by atoms with van der Waals surface area (Å²) >= 11 is 0. The van der Waals surface area contributed by atoms with Gasteiger partial charge in [-0.3, -0.25) is 0 Å². The predicted molar refractivity (Wildman–Crippen MR) is 242 cm³/mol. The van der Waals surface area contributed by atoms with E-state index < -0.39 is 0 Å². The van der Waals surface area contributed by atoms with Crippen LogP contribution in [0.3, 0.4) is 0 Å². The molecule has 0 aliphatic rings. The van der Waals surface area contributed by atoms with Crippen molar-refractivity contribution in [3.05, 3.63) is 218 Å². The summed E-state index contributed by atoms with van der Waals surface area (Å²) in [4.78, 5) is 12.5. The lowest BCUT2D eigenvalue weighted by atomic mass is 10.0. The van der Waals surface area contributed by atoms with Crippen molar-refractivity contribution in [2.75, 3.05) is 4.90 Å². The van der Waals surface area contributed by atoms with Crippen LogP contribution in [0, 0.1) is 0 Å². The average molecular weight is 741 g/mol. The number of para-hydroxylation sites is 3. The van der Waals surface area contributed by atoms with E-state index in [1.54, 1.807) is 0 Å². The van der Waals surface area contributed by atoms with E-state index in [-0.39, 0.29) is 0 Å². The SMILES string of the molecule is c1ccc(-c2nc(-c3ccc(-c4ccc5c6ccccc6n(-c6cccc(N(c7ccccc7)c7cccc8ccccc78)c6)c5c4)cc3)nc3ccccc23)cc1. The number of anilines is 3. The smallest absolute Gasteiger partial charge is 0.160 e. The third-order valence-electron chi connectivity index (χ3n) is 11.2. The van der Waals surface area contributed by atoms with Crippen LogP contribution in [0.1, 0.15) is 0 Å². The van der Waals surface area contributed by atoms with E-state index in [0.29, 0.717) is 5.82 Å². The van der Waals surface area contributed by atoms with Crippen LogP contribution >= 0.6 is 0 Å². The van der Waals surface area contributed by atoms with E-state index in [2.05, 4.69) is 210 Å². The van der Waals surface area contributed by atoms with Crippen LogP contribution in [0.4, 0.5) is 17.1 Å². The van der Waals surface area contributed by atoms with Gasteiger partial charge in [-0.15, -0.1) is 0 Å². The van der Waals surface area contributed by atoms with Gasteiger partial charge in [0.1, 0.15) is 0 Å². The molecule has 0 radical (unpaired) electrons. The Hall–Kier alpha value is -7.82. The lowest BCUT2D eigenvalue weighted by Gasteiger charge is -2.27. The first-order valence-electron chi connectivity index (χ1n) is 19.7. The standard InChI is InChI=1S/C54H36N4/c1-3-16-39(17-4-1)53-48-25-9-11-26-49(48)55-54(56-53)40-31-29-37(30-32-40)41-33-34-47-46-24-10-12-27-51(46)58(52(47)35-41)44-22-14-21-43(36-44)57(42-19-5-2-6-20-42)50-28-13-18-38-15-7-8-23-45(38)50/h1-36H. The molecule has 0 spiro atoms. The highest BCUT2D eigenvalue weighted by Crippen LogP contribution is 2.41. The zero-order valence-electron chi connectivity index (χ0n) is 31.6. The Morgan fingerprint density at radius 2 is 0.983 bits per heavy atom. The Bertz CT molecular complexity index is 3270. The maximum absolute atomic E-state index is 5.11. The molecule has 11 rings (SSSR count). The monoisotopic (exact) mass is 740 g/mol. The van der Waals surface area contributed by atoms with E-state index in [9.17, 15) is 0 Å². The Morgan fingerprint density at radius 3 is 1.83 bits per heavy atom. The van der Waals surface area contributed by atoms with Crippen LogP contribution in [0.15, 0.2) is 218 Å². The predicted octanol–water partition coefficient (Wildman–Crippen LogP) is 14.4. The maximum Gasteiger partial charge on any atom is 0.160 e. The third kappa shape index (κ3) is 5.78. The van der Waals surface area contributed by atoms with Gasteiger partial charge in [-0.05, 0) is 71.1 Å². The zero-order valence-corrected chi connectivity index (χ0v) is 31.6. The molecule has 0 N–H and O–H groups in total. The van der Waals surface area contributed by atoms with E-state index in [1.807, 2.05) is 18.2 Å². The van der Waals surface area contributed by atoms with Crippen LogP contribution in [0.2, 0.25) is 0 Å². The minimum absolute atomic E-state index is 0.715. The second-order valence-corrected chi connectivity index (χ2v) is 14.6. The highest BCUT2D eigenvalue weighted by Gasteiger charge is 2.19. The van der Waals surface area contributed by atoms with Gasteiger partial charge in [0.05, 0.1) is 27.9 Å². The molecule has 0 aliphatic heterocycles. The quantitative estimate of drug-likeness (QED) is 0.163. The molecular formula is C54H36N4. The summed E-state index contributed by atoms with van der Waals surface area (Å²) in [6, 6.07) is 77.5. The molecule has 58 heavy (non-hydrogen) atoms. The highest BCUT2D eigenvalue weighted by molar-refractivity contribution is 6.10. The van der Waals surface area contributed by atoms with Crippen molar-refractivity contribution < 1.29 is 0 Å². The molecule has 4 nitrogen and oxygen atoms in total. The first kappa shape index (κ1) is 33.5. The minimum Gasteiger partial charge on any atom is -0.310 e. The number of benzene rings is 9. The fourth-order valence-electron chi connectivity index (χ4n) is 8.44. The van der Waals surface area contributed by atoms with Gasteiger partial charge < -0.3 is 9.47 Å². The van der Waals surface area contributed by atoms with Gasteiger partial charge >= 0.3 is 0 Å². The molecule has 0 unspecified atom stereocenters. The van der Waals surface area contributed by atoms with Gasteiger partial charge in [-0.1, -0.05) is 164 Å². The molecule has 0 bridgehead atoms. The number of hydrogen-bond donors (Lipinski definition) is 0. The summed E-state index contributed by atoms with van der Waals surface area (Å²) in [6.07, 6.45) is 0. The molecule has 9 aromatic carbocycles. The lowest BCUT2D eigenvalue weighted by molar-refractivity contribution is 1.17. The van der Waals surface area contributed by atoms with Crippen LogP contribution in [-0.4, -0.2) is 14.5 Å². The summed E-state index contributed by atoms with van der Waals surface area (Å²) < 4.78 is 2.41. The van der Waals surface area contributed by atoms with Gasteiger partial charge in [-0.25, -0.2) is 9.97 Å². The molecular weight excluding hydrogens is 705 g/mol. The van der Waals surface area contributed by atoms with Gasteiger partial charge in [0.15, 0.2) is 5.82 Å². The first-order valence-corrected chi connectivity index (χ1v) is 19.7. The number of aromatic nitrogens is 3. The second-order valence-electron chi connectivity index (χ2n) is 14.6. The van der Waals surface area contributed by atoms with E-state index >= 15 is 0 Å². The van der Waals surface area contributed by atoms with Crippen molar-refractivity contribution >= 4 is 60.5 Å². The Morgan fingerprint density at radius 1 is 0.362 bits per heavy atom. The molecule has 272 valence electrons. The summed E-state index contributed by atoms with van der Waals surface area (Å²) in [6.45, 7) is 0. The summed E-state index contributed by atoms with van der Waals surface area (Å²) in [5.41, 5.74) is 13.0. The van der Waals surface area contributed by atoms with Crippen LogP contribution in [-0.2, 0) is 0 Å². The molecule has 4 heteroatoms. The number of fused-ring (bicyclic) bond motifs is 5. The normalized spacial score (nSPS) is 11.4. The summed E-state index contributed by atoms with van der Waals surface area (Å²) in [5.74, 6) is 0.715. The largest absolute Gasteiger partial charge is 0.310 e. The second kappa shape index (κ2) is 14.0. The van der Waals surface area contributed by atoms with E-state index in [0.717, 1.165) is 67.1 Å². The number of nitrogens with zero attached hydrogens (tertiary/aromatic N) is 4. The van der Waals surface area contributed by atoms with Gasteiger partial charge in [0.2, 0.25) is 0 Å². The highest BCUT2D eigenvalue weighted by atomic mass is 15.1. The molecule has 2 aromatic heterocycles. The zero-order chi connectivity index (χ0) is 38.4. The number of hydrogen-bond acceptors (Lipinski definition) is 3. The Kier molecular flexibility index (Phi) is 8.11. The fraction of sp³-hybridized carbons (Fsp3) is 0.